The van der Waals surface area contributed by atoms with Crippen molar-refractivity contribution >= 4 is 17.2 Å². The maximum Gasteiger partial charge on any atom is 0.514 e. The lowest BCUT2D eigenvalue weighted by Gasteiger charge is -2.19. The van der Waals surface area contributed by atoms with E-state index in [1.165, 1.54) is 5.56 Å². The summed E-state index contributed by atoms with van der Waals surface area (Å²) in [6, 6.07) is 23.9. The van der Waals surface area contributed by atoms with Gasteiger partial charge in [0.25, 0.3) is 0 Å². The fourth-order valence-electron chi connectivity index (χ4n) is 3.52. The fourth-order valence-corrected chi connectivity index (χ4v) is 3.52. The van der Waals surface area contributed by atoms with Crippen LogP contribution in [0, 0.1) is 6.92 Å². The van der Waals surface area contributed by atoms with Crippen LogP contribution in [0.2, 0.25) is 0 Å². The molecule has 0 amide bonds. The second kappa shape index (κ2) is 8.26. The molecule has 0 N–H and O–H groups in total. The van der Waals surface area contributed by atoms with Crippen molar-refractivity contribution in [1.29, 1.82) is 0 Å². The summed E-state index contributed by atoms with van der Waals surface area (Å²) in [5, 5.41) is 0. The molecule has 0 aliphatic carbocycles. The lowest BCUT2D eigenvalue weighted by atomic mass is 10.0. The number of nitrogens with zero attached hydrogens (tertiary/aromatic N) is 2. The summed E-state index contributed by atoms with van der Waals surface area (Å²) < 4.78 is 13.0. The van der Waals surface area contributed by atoms with Crippen LogP contribution in [-0.4, -0.2) is 21.3 Å². The minimum absolute atomic E-state index is 0.473. The molecule has 1 aromatic heterocycles. The van der Waals surface area contributed by atoms with Crippen LogP contribution in [0.25, 0.3) is 22.2 Å². The first kappa shape index (κ1) is 20.7. The van der Waals surface area contributed by atoms with Gasteiger partial charge in [-0.1, -0.05) is 54.6 Å². The first-order valence-electron chi connectivity index (χ1n) is 10.3. The monoisotopic (exact) mass is 414 g/mol. The van der Waals surface area contributed by atoms with Gasteiger partial charge in [0.05, 0.1) is 11.0 Å². The summed E-state index contributed by atoms with van der Waals surface area (Å²) >= 11 is 0. The minimum Gasteiger partial charge on any atom is -0.428 e. The van der Waals surface area contributed by atoms with Gasteiger partial charge in [0.1, 0.15) is 17.2 Å². The van der Waals surface area contributed by atoms with Gasteiger partial charge in [-0.2, -0.15) is 0 Å². The average Bonchev–Trinajstić information content (AvgIpc) is 3.03. The predicted octanol–water partition coefficient (Wildman–Crippen LogP) is 6.37. The van der Waals surface area contributed by atoms with E-state index in [0.717, 1.165) is 34.5 Å². The molecular weight excluding hydrogens is 388 g/mol. The third-order valence-corrected chi connectivity index (χ3v) is 4.92. The summed E-state index contributed by atoms with van der Waals surface area (Å²) in [5.41, 5.74) is 4.49. The number of carbonyl (C=O) groups excluding carboxylic acids is 1. The molecule has 31 heavy (non-hydrogen) atoms. The quantitative estimate of drug-likeness (QED) is 0.287. The van der Waals surface area contributed by atoms with Crippen LogP contribution in [-0.2, 0) is 11.3 Å². The molecule has 0 fully saturated rings. The molecule has 1 heterocycles. The number of rotatable bonds is 4. The number of ether oxygens (including phenoxy) is 2. The van der Waals surface area contributed by atoms with Crippen LogP contribution in [0.4, 0.5) is 4.79 Å². The first-order chi connectivity index (χ1) is 14.8. The number of aromatic nitrogens is 2. The highest BCUT2D eigenvalue weighted by Crippen LogP contribution is 2.31. The van der Waals surface area contributed by atoms with Gasteiger partial charge in [-0.15, -0.1) is 0 Å². The van der Waals surface area contributed by atoms with Gasteiger partial charge in [-0.05, 0) is 57.0 Å². The largest absolute Gasteiger partial charge is 0.514 e. The van der Waals surface area contributed by atoms with Crippen LogP contribution in [0.5, 0.6) is 5.75 Å². The fraction of sp³-hybridized carbons (Fsp3) is 0.231. The molecule has 0 atom stereocenters. The standard InChI is InChI=1S/C26H26N2O3/c1-18-27-22-10-6-7-11-23(22)28(18)17-19-13-15-20(16-14-19)21-9-5-8-12-24(21)30-25(29)31-26(2,3)4/h5-16H,17H2,1-4H3. The Morgan fingerprint density at radius 2 is 1.61 bits per heavy atom. The number of para-hydroxylation sites is 3. The van der Waals surface area contributed by atoms with Gasteiger partial charge in [0, 0.05) is 12.1 Å². The molecule has 0 aliphatic heterocycles. The van der Waals surface area contributed by atoms with Crippen molar-refractivity contribution in [3.05, 3.63) is 84.2 Å². The summed E-state index contributed by atoms with van der Waals surface area (Å²) in [5.74, 6) is 1.46. The van der Waals surface area contributed by atoms with Crippen molar-refractivity contribution < 1.29 is 14.3 Å². The van der Waals surface area contributed by atoms with Crippen molar-refractivity contribution in [1.82, 2.24) is 9.55 Å². The third-order valence-electron chi connectivity index (χ3n) is 4.92. The Kier molecular flexibility index (Phi) is 5.51. The third kappa shape index (κ3) is 4.77. The number of carbonyl (C=O) groups is 1. The van der Waals surface area contributed by atoms with Crippen molar-refractivity contribution in [2.24, 2.45) is 0 Å². The summed E-state index contributed by atoms with van der Waals surface area (Å²) in [4.78, 5) is 16.8. The second-order valence-electron chi connectivity index (χ2n) is 8.49. The molecule has 0 saturated heterocycles. The maximum atomic E-state index is 12.1. The topological polar surface area (TPSA) is 53.4 Å². The minimum atomic E-state index is -0.709. The Bertz CT molecular complexity index is 1220. The van der Waals surface area contributed by atoms with E-state index in [9.17, 15) is 4.79 Å². The van der Waals surface area contributed by atoms with Gasteiger partial charge in [0.15, 0.2) is 0 Å². The Labute approximate surface area is 182 Å². The van der Waals surface area contributed by atoms with E-state index in [1.54, 1.807) is 6.07 Å². The molecule has 0 radical (unpaired) electrons. The molecule has 0 bridgehead atoms. The van der Waals surface area contributed by atoms with E-state index in [4.69, 9.17) is 9.47 Å². The Morgan fingerprint density at radius 3 is 2.35 bits per heavy atom. The van der Waals surface area contributed by atoms with E-state index >= 15 is 0 Å². The van der Waals surface area contributed by atoms with E-state index in [1.807, 2.05) is 76.2 Å². The van der Waals surface area contributed by atoms with Crippen LogP contribution >= 0.6 is 0 Å². The molecule has 5 heteroatoms. The van der Waals surface area contributed by atoms with E-state index in [0.29, 0.717) is 5.75 Å². The smallest absolute Gasteiger partial charge is 0.428 e. The highest BCUT2D eigenvalue weighted by molar-refractivity contribution is 5.76. The van der Waals surface area contributed by atoms with E-state index in [2.05, 4.69) is 27.8 Å². The van der Waals surface area contributed by atoms with Crippen molar-refractivity contribution in [3.8, 4) is 16.9 Å². The summed E-state index contributed by atoms with van der Waals surface area (Å²) in [7, 11) is 0. The Morgan fingerprint density at radius 1 is 0.935 bits per heavy atom. The van der Waals surface area contributed by atoms with Crippen LogP contribution < -0.4 is 4.74 Å². The van der Waals surface area contributed by atoms with Gasteiger partial charge < -0.3 is 14.0 Å². The van der Waals surface area contributed by atoms with Crippen molar-refractivity contribution in [2.75, 3.05) is 0 Å². The zero-order valence-corrected chi connectivity index (χ0v) is 18.3. The highest BCUT2D eigenvalue weighted by Gasteiger charge is 2.19. The first-order valence-corrected chi connectivity index (χ1v) is 10.3. The van der Waals surface area contributed by atoms with Crippen molar-refractivity contribution in [2.45, 2.75) is 39.8 Å². The van der Waals surface area contributed by atoms with Crippen LogP contribution in [0.15, 0.2) is 72.8 Å². The summed E-state index contributed by atoms with van der Waals surface area (Å²) in [6.45, 7) is 8.19. The van der Waals surface area contributed by atoms with E-state index < -0.39 is 11.8 Å². The SMILES string of the molecule is Cc1nc2ccccc2n1Cc1ccc(-c2ccccc2OC(=O)OC(C)(C)C)cc1. The number of fused-ring (bicyclic) bond motifs is 1. The number of hydrogen-bond acceptors (Lipinski definition) is 4. The Balaban J connectivity index is 1.56. The molecule has 4 rings (SSSR count). The molecule has 0 unspecified atom stereocenters. The molecule has 0 saturated carbocycles. The van der Waals surface area contributed by atoms with Gasteiger partial charge >= 0.3 is 6.16 Å². The normalized spacial score (nSPS) is 11.5. The van der Waals surface area contributed by atoms with Gasteiger partial charge in [-0.3, -0.25) is 0 Å². The molecular formula is C26H26N2O3. The molecule has 158 valence electrons. The summed E-state index contributed by atoms with van der Waals surface area (Å²) in [6.07, 6.45) is -0.709. The lowest BCUT2D eigenvalue weighted by molar-refractivity contribution is 0.0207. The molecule has 0 aliphatic rings. The lowest BCUT2D eigenvalue weighted by Crippen LogP contribution is -2.26. The zero-order chi connectivity index (χ0) is 22.0. The Hall–Kier alpha value is -3.60. The van der Waals surface area contributed by atoms with Gasteiger partial charge in [0.2, 0.25) is 0 Å². The average molecular weight is 415 g/mol. The highest BCUT2D eigenvalue weighted by atomic mass is 16.7. The molecule has 3 aromatic carbocycles. The number of imidazole rings is 1. The van der Waals surface area contributed by atoms with Crippen molar-refractivity contribution in [3.63, 3.8) is 0 Å². The number of hydrogen-bond donors (Lipinski definition) is 0. The van der Waals surface area contributed by atoms with Gasteiger partial charge in [-0.25, -0.2) is 9.78 Å². The molecule has 0 spiro atoms. The molecule has 4 aromatic rings. The number of benzene rings is 3. The van der Waals surface area contributed by atoms with Crippen LogP contribution in [0.3, 0.4) is 0 Å². The van der Waals surface area contributed by atoms with Crippen LogP contribution in [0.1, 0.15) is 32.2 Å². The predicted molar refractivity (Wildman–Crippen MR) is 122 cm³/mol. The maximum absolute atomic E-state index is 12.1. The second-order valence-corrected chi connectivity index (χ2v) is 8.49. The zero-order valence-electron chi connectivity index (χ0n) is 18.3. The number of aryl methyl sites for hydroxylation is 1. The molecule has 5 nitrogen and oxygen atoms in total. The van der Waals surface area contributed by atoms with E-state index in [-0.39, 0.29) is 0 Å².